The van der Waals surface area contributed by atoms with Crippen LogP contribution in [-0.4, -0.2) is 63.5 Å². The Bertz CT molecular complexity index is 594. The second kappa shape index (κ2) is 10.5. The normalized spacial score (nSPS) is 21.9. The predicted octanol–water partition coefficient (Wildman–Crippen LogP) is 2.82. The first kappa shape index (κ1) is 20.0. The summed E-state index contributed by atoms with van der Waals surface area (Å²) in [5, 5.41) is 3.46. The van der Waals surface area contributed by atoms with Crippen molar-refractivity contribution in [3.8, 4) is 5.75 Å². The summed E-state index contributed by atoms with van der Waals surface area (Å²) in [5.74, 6) is 1.84. The summed E-state index contributed by atoms with van der Waals surface area (Å²) in [6.45, 7) is 4.25. The Kier molecular flexibility index (Phi) is 7.78. The van der Waals surface area contributed by atoms with Gasteiger partial charge in [-0.25, -0.2) is 0 Å². The number of guanidine groups is 1. The maximum atomic E-state index is 6.12. The number of hydrogen-bond donors (Lipinski definition) is 1. The van der Waals surface area contributed by atoms with Gasteiger partial charge in [-0.2, -0.15) is 0 Å². The Morgan fingerprint density at radius 3 is 2.74 bits per heavy atom. The highest BCUT2D eigenvalue weighted by atomic mass is 16.5. The van der Waals surface area contributed by atoms with Crippen LogP contribution in [0.3, 0.4) is 0 Å². The monoisotopic (exact) mass is 375 g/mol. The number of nitrogens with one attached hydrogen (secondary N) is 1. The molecule has 0 amide bonds. The van der Waals surface area contributed by atoms with Crippen LogP contribution < -0.4 is 10.1 Å². The predicted molar refractivity (Wildman–Crippen MR) is 107 cm³/mol. The van der Waals surface area contributed by atoms with Crippen LogP contribution in [0, 0.1) is 0 Å². The molecular formula is C21H33N3O3. The fraction of sp³-hybridized carbons (Fsp3) is 0.667. The first-order valence-corrected chi connectivity index (χ1v) is 10.1. The van der Waals surface area contributed by atoms with Gasteiger partial charge in [0.25, 0.3) is 0 Å². The molecule has 6 heteroatoms. The van der Waals surface area contributed by atoms with Crippen LogP contribution in [-0.2, 0) is 16.0 Å². The molecule has 2 aliphatic heterocycles. The van der Waals surface area contributed by atoms with Crippen LogP contribution in [0.4, 0.5) is 0 Å². The van der Waals surface area contributed by atoms with Gasteiger partial charge in [-0.3, -0.25) is 4.99 Å². The highest BCUT2D eigenvalue weighted by Gasteiger charge is 2.23. The van der Waals surface area contributed by atoms with E-state index in [1.165, 1.54) is 12.8 Å². The number of rotatable bonds is 6. The summed E-state index contributed by atoms with van der Waals surface area (Å²) in [5.41, 5.74) is 1.13. The van der Waals surface area contributed by atoms with Crippen molar-refractivity contribution in [2.45, 2.75) is 50.9 Å². The van der Waals surface area contributed by atoms with E-state index in [4.69, 9.17) is 14.2 Å². The Hall–Kier alpha value is -1.79. The molecule has 1 aromatic carbocycles. The number of para-hydroxylation sites is 1. The maximum absolute atomic E-state index is 6.12. The first-order valence-electron chi connectivity index (χ1n) is 10.1. The summed E-state index contributed by atoms with van der Waals surface area (Å²) in [6, 6.07) is 8.08. The third kappa shape index (κ3) is 5.84. The van der Waals surface area contributed by atoms with Crippen molar-refractivity contribution >= 4 is 5.96 Å². The zero-order valence-corrected chi connectivity index (χ0v) is 16.7. The summed E-state index contributed by atoms with van der Waals surface area (Å²) in [4.78, 5) is 6.77. The van der Waals surface area contributed by atoms with Gasteiger partial charge in [0, 0.05) is 38.9 Å². The van der Waals surface area contributed by atoms with E-state index < -0.39 is 0 Å². The molecule has 3 rings (SSSR count). The van der Waals surface area contributed by atoms with Crippen LogP contribution in [0.15, 0.2) is 29.3 Å². The van der Waals surface area contributed by atoms with Crippen LogP contribution in [0.1, 0.15) is 37.7 Å². The molecule has 2 aliphatic rings. The minimum atomic E-state index is 0.298. The van der Waals surface area contributed by atoms with Crippen molar-refractivity contribution in [3.63, 3.8) is 0 Å². The van der Waals surface area contributed by atoms with E-state index in [0.29, 0.717) is 18.8 Å². The lowest BCUT2D eigenvalue weighted by atomic mass is 10.1. The Morgan fingerprint density at radius 1 is 1.22 bits per heavy atom. The van der Waals surface area contributed by atoms with Crippen LogP contribution in [0.2, 0.25) is 0 Å². The molecule has 2 saturated heterocycles. The third-order valence-electron chi connectivity index (χ3n) is 5.37. The van der Waals surface area contributed by atoms with Gasteiger partial charge < -0.3 is 24.4 Å². The average Bonchev–Trinajstić information content (AvgIpc) is 2.74. The van der Waals surface area contributed by atoms with Gasteiger partial charge in [0.2, 0.25) is 0 Å². The van der Waals surface area contributed by atoms with Crippen molar-refractivity contribution in [3.05, 3.63) is 29.8 Å². The van der Waals surface area contributed by atoms with Gasteiger partial charge in [0.15, 0.2) is 5.96 Å². The Labute approximate surface area is 162 Å². The van der Waals surface area contributed by atoms with Crippen molar-refractivity contribution < 1.29 is 14.2 Å². The lowest BCUT2D eigenvalue weighted by Crippen LogP contribution is -2.47. The maximum Gasteiger partial charge on any atom is 0.193 e. The molecule has 2 fully saturated rings. The standard InChI is InChI=1S/C21H33N3O3/c1-22-21(23-15-17-7-3-4-9-20(17)25-2)24-12-10-18(11-13-24)27-16-19-8-5-6-14-26-19/h3-4,7,9,18-19H,5-6,8,10-16H2,1-2H3,(H,22,23). The Morgan fingerprint density at radius 2 is 2.04 bits per heavy atom. The fourth-order valence-corrected chi connectivity index (χ4v) is 3.77. The van der Waals surface area contributed by atoms with Crippen molar-refractivity contribution in [1.29, 1.82) is 0 Å². The van der Waals surface area contributed by atoms with E-state index in [1.54, 1.807) is 7.11 Å². The van der Waals surface area contributed by atoms with Crippen molar-refractivity contribution in [2.75, 3.05) is 40.5 Å². The van der Waals surface area contributed by atoms with Gasteiger partial charge in [0.1, 0.15) is 5.75 Å². The van der Waals surface area contributed by atoms with E-state index in [9.17, 15) is 0 Å². The number of aliphatic imine (C=N–C) groups is 1. The highest BCUT2D eigenvalue weighted by molar-refractivity contribution is 5.80. The molecule has 6 nitrogen and oxygen atoms in total. The van der Waals surface area contributed by atoms with Crippen LogP contribution in [0.5, 0.6) is 5.75 Å². The van der Waals surface area contributed by atoms with E-state index in [0.717, 1.165) is 62.8 Å². The molecule has 1 unspecified atom stereocenters. The number of benzene rings is 1. The van der Waals surface area contributed by atoms with E-state index in [2.05, 4.69) is 21.3 Å². The third-order valence-corrected chi connectivity index (χ3v) is 5.37. The summed E-state index contributed by atoms with van der Waals surface area (Å²) in [7, 11) is 3.55. The number of hydrogen-bond acceptors (Lipinski definition) is 4. The number of piperidine rings is 1. The molecule has 0 saturated carbocycles. The molecule has 0 spiro atoms. The minimum Gasteiger partial charge on any atom is -0.496 e. The number of methoxy groups -OCH3 is 1. The fourth-order valence-electron chi connectivity index (χ4n) is 3.77. The van der Waals surface area contributed by atoms with Gasteiger partial charge in [-0.1, -0.05) is 18.2 Å². The van der Waals surface area contributed by atoms with E-state index >= 15 is 0 Å². The van der Waals surface area contributed by atoms with Gasteiger partial charge >= 0.3 is 0 Å². The SMILES string of the molecule is CN=C(NCc1ccccc1OC)N1CCC(OCC2CCCCO2)CC1. The number of likely N-dealkylation sites (tertiary alicyclic amines) is 1. The molecule has 1 aromatic rings. The quantitative estimate of drug-likeness (QED) is 0.612. The summed E-state index contributed by atoms with van der Waals surface area (Å²) < 4.78 is 17.3. The molecule has 1 N–H and O–H groups in total. The molecular weight excluding hydrogens is 342 g/mol. The Balaban J connectivity index is 1.41. The molecule has 0 radical (unpaired) electrons. The largest absolute Gasteiger partial charge is 0.496 e. The van der Waals surface area contributed by atoms with E-state index in [1.807, 2.05) is 25.2 Å². The second-order valence-corrected chi connectivity index (χ2v) is 7.22. The van der Waals surface area contributed by atoms with Gasteiger partial charge in [0.05, 0.1) is 25.9 Å². The second-order valence-electron chi connectivity index (χ2n) is 7.22. The molecule has 2 heterocycles. The lowest BCUT2D eigenvalue weighted by Gasteiger charge is -2.35. The smallest absolute Gasteiger partial charge is 0.193 e. The minimum absolute atomic E-state index is 0.298. The first-order chi connectivity index (χ1) is 13.3. The molecule has 150 valence electrons. The van der Waals surface area contributed by atoms with Gasteiger partial charge in [-0.15, -0.1) is 0 Å². The van der Waals surface area contributed by atoms with Gasteiger partial charge in [-0.05, 0) is 38.2 Å². The number of nitrogens with zero attached hydrogens (tertiary/aromatic N) is 2. The van der Waals surface area contributed by atoms with Crippen LogP contribution >= 0.6 is 0 Å². The molecule has 0 aromatic heterocycles. The molecule has 0 aliphatic carbocycles. The van der Waals surface area contributed by atoms with E-state index in [-0.39, 0.29) is 0 Å². The zero-order chi connectivity index (χ0) is 18.9. The van der Waals surface area contributed by atoms with Crippen LogP contribution in [0.25, 0.3) is 0 Å². The average molecular weight is 376 g/mol. The van der Waals surface area contributed by atoms with Crippen molar-refractivity contribution in [1.82, 2.24) is 10.2 Å². The topological polar surface area (TPSA) is 55.3 Å². The molecule has 27 heavy (non-hydrogen) atoms. The summed E-state index contributed by atoms with van der Waals surface area (Å²) >= 11 is 0. The highest BCUT2D eigenvalue weighted by Crippen LogP contribution is 2.19. The molecule has 0 bridgehead atoms. The zero-order valence-electron chi connectivity index (χ0n) is 16.7. The molecule has 1 atom stereocenters. The number of ether oxygens (including phenoxy) is 3. The van der Waals surface area contributed by atoms with Crippen molar-refractivity contribution in [2.24, 2.45) is 4.99 Å². The lowest BCUT2D eigenvalue weighted by molar-refractivity contribution is -0.0721. The summed E-state index contributed by atoms with van der Waals surface area (Å²) in [6.07, 6.45) is 6.28.